The topological polar surface area (TPSA) is 55.3 Å². The van der Waals surface area contributed by atoms with Gasteiger partial charge in [0.25, 0.3) is 5.91 Å². The molecule has 6 heteroatoms. The van der Waals surface area contributed by atoms with E-state index in [2.05, 4.69) is 16.9 Å². The Labute approximate surface area is 163 Å². The third-order valence-electron chi connectivity index (χ3n) is 4.33. The maximum absolute atomic E-state index is 13.1. The molecule has 2 heterocycles. The summed E-state index contributed by atoms with van der Waals surface area (Å²) >= 11 is 1.65. The first kappa shape index (κ1) is 19.2. The summed E-state index contributed by atoms with van der Waals surface area (Å²) in [4.78, 5) is 24.9. The van der Waals surface area contributed by atoms with Crippen molar-refractivity contribution >= 4 is 17.2 Å². The first-order valence-electron chi connectivity index (χ1n) is 8.80. The Balaban J connectivity index is 1.85. The number of hydrogen-bond donors (Lipinski definition) is 0. The molecule has 0 fully saturated rings. The van der Waals surface area contributed by atoms with Crippen LogP contribution in [0.25, 0.3) is 10.6 Å². The van der Waals surface area contributed by atoms with Crippen LogP contribution in [-0.4, -0.2) is 41.0 Å². The summed E-state index contributed by atoms with van der Waals surface area (Å²) in [5.74, 6) is -0.0252. The fourth-order valence-electron chi connectivity index (χ4n) is 2.73. The van der Waals surface area contributed by atoms with Gasteiger partial charge in [0.1, 0.15) is 5.01 Å². The Morgan fingerprint density at radius 2 is 2.07 bits per heavy atom. The molecule has 0 N–H and O–H groups in total. The number of pyridine rings is 1. The molecule has 0 atom stereocenters. The highest BCUT2D eigenvalue weighted by molar-refractivity contribution is 7.15. The average molecular weight is 382 g/mol. The molecule has 0 saturated carbocycles. The molecule has 0 unspecified atom stereocenters. The monoisotopic (exact) mass is 381 g/mol. The number of thiazole rings is 1. The number of aryl methyl sites for hydroxylation is 2. The first-order chi connectivity index (χ1) is 13.1. The van der Waals surface area contributed by atoms with Crippen LogP contribution in [0.3, 0.4) is 0 Å². The lowest BCUT2D eigenvalue weighted by Gasteiger charge is -2.22. The zero-order valence-electron chi connectivity index (χ0n) is 15.8. The summed E-state index contributed by atoms with van der Waals surface area (Å²) < 4.78 is 5.19. The maximum atomic E-state index is 13.1. The van der Waals surface area contributed by atoms with E-state index in [9.17, 15) is 4.79 Å². The molecule has 27 heavy (non-hydrogen) atoms. The van der Waals surface area contributed by atoms with Gasteiger partial charge in [-0.3, -0.25) is 9.78 Å². The van der Waals surface area contributed by atoms with Gasteiger partial charge in [-0.2, -0.15) is 0 Å². The second-order valence-corrected chi connectivity index (χ2v) is 7.53. The van der Waals surface area contributed by atoms with Crippen molar-refractivity contribution in [3.8, 4) is 10.6 Å². The zero-order chi connectivity index (χ0) is 19.2. The van der Waals surface area contributed by atoms with Gasteiger partial charge in [0.05, 0.1) is 12.3 Å². The molecule has 0 saturated heterocycles. The standard InChI is InChI=1S/C21H23N3O2S/c1-15-16(2)27-20(23-15)18-7-4-8-19(12-18)21(25)24(10-11-26-3)14-17-6-5-9-22-13-17/h4-9,12-13H,10-11,14H2,1-3H3. The number of methoxy groups -OCH3 is 1. The molecule has 5 nitrogen and oxygen atoms in total. The Hall–Kier alpha value is -2.57. The van der Waals surface area contributed by atoms with Crippen molar-refractivity contribution in [2.75, 3.05) is 20.3 Å². The van der Waals surface area contributed by atoms with E-state index < -0.39 is 0 Å². The molecular formula is C21H23N3O2S. The van der Waals surface area contributed by atoms with Crippen LogP contribution >= 0.6 is 11.3 Å². The zero-order valence-corrected chi connectivity index (χ0v) is 16.6. The minimum absolute atomic E-state index is 0.0252. The van der Waals surface area contributed by atoms with E-state index >= 15 is 0 Å². The fourth-order valence-corrected chi connectivity index (χ4v) is 3.64. The molecule has 140 valence electrons. The third-order valence-corrected chi connectivity index (χ3v) is 5.46. The largest absolute Gasteiger partial charge is 0.383 e. The number of carbonyl (C=O) groups is 1. The number of benzene rings is 1. The van der Waals surface area contributed by atoms with Gasteiger partial charge in [-0.05, 0) is 37.6 Å². The second-order valence-electron chi connectivity index (χ2n) is 6.32. The molecule has 0 radical (unpaired) electrons. The van der Waals surface area contributed by atoms with Gasteiger partial charge in [0.2, 0.25) is 0 Å². The highest BCUT2D eigenvalue weighted by Crippen LogP contribution is 2.28. The molecule has 0 bridgehead atoms. The Kier molecular flexibility index (Phi) is 6.32. The number of ether oxygens (including phenoxy) is 1. The van der Waals surface area contributed by atoms with E-state index in [1.165, 1.54) is 4.88 Å². The van der Waals surface area contributed by atoms with Crippen LogP contribution in [0.4, 0.5) is 0 Å². The van der Waals surface area contributed by atoms with Crippen LogP contribution in [0.1, 0.15) is 26.5 Å². The Bertz CT molecular complexity index is 889. The van der Waals surface area contributed by atoms with Gasteiger partial charge in [-0.15, -0.1) is 11.3 Å². The van der Waals surface area contributed by atoms with Crippen LogP contribution in [0.2, 0.25) is 0 Å². The number of nitrogens with zero attached hydrogens (tertiary/aromatic N) is 3. The maximum Gasteiger partial charge on any atom is 0.254 e. The second kappa shape index (κ2) is 8.88. The normalized spacial score (nSPS) is 10.8. The van der Waals surface area contributed by atoms with Crippen LogP contribution in [0.5, 0.6) is 0 Å². The summed E-state index contributed by atoms with van der Waals surface area (Å²) in [7, 11) is 1.64. The van der Waals surface area contributed by atoms with Gasteiger partial charge < -0.3 is 9.64 Å². The highest BCUT2D eigenvalue weighted by atomic mass is 32.1. The summed E-state index contributed by atoms with van der Waals surface area (Å²) in [6, 6.07) is 11.5. The Morgan fingerprint density at radius 3 is 2.74 bits per heavy atom. The lowest BCUT2D eigenvalue weighted by atomic mass is 10.1. The number of amides is 1. The molecule has 1 aromatic carbocycles. The van der Waals surface area contributed by atoms with Gasteiger partial charge >= 0.3 is 0 Å². The number of aromatic nitrogens is 2. The van der Waals surface area contributed by atoms with E-state index in [1.807, 2.05) is 43.3 Å². The average Bonchev–Trinajstić information content (AvgIpc) is 3.04. The van der Waals surface area contributed by atoms with Gasteiger partial charge in [0, 0.05) is 48.6 Å². The minimum atomic E-state index is -0.0252. The highest BCUT2D eigenvalue weighted by Gasteiger charge is 2.17. The van der Waals surface area contributed by atoms with Gasteiger partial charge in [0.15, 0.2) is 0 Å². The molecule has 3 aromatic rings. The molecule has 2 aromatic heterocycles. The summed E-state index contributed by atoms with van der Waals surface area (Å²) in [5, 5.41) is 0.940. The summed E-state index contributed by atoms with van der Waals surface area (Å²) in [5.41, 5.74) is 3.64. The van der Waals surface area contributed by atoms with E-state index in [0.717, 1.165) is 21.8 Å². The first-order valence-corrected chi connectivity index (χ1v) is 9.61. The molecule has 0 aliphatic carbocycles. The van der Waals surface area contributed by atoms with E-state index in [4.69, 9.17) is 4.74 Å². The van der Waals surface area contributed by atoms with Crippen molar-refractivity contribution < 1.29 is 9.53 Å². The molecule has 0 spiro atoms. The van der Waals surface area contributed by atoms with Crippen molar-refractivity contribution in [2.45, 2.75) is 20.4 Å². The lowest BCUT2D eigenvalue weighted by Crippen LogP contribution is -2.33. The van der Waals surface area contributed by atoms with Gasteiger partial charge in [-0.1, -0.05) is 18.2 Å². The molecule has 1 amide bonds. The molecule has 0 aliphatic rings. The van der Waals surface area contributed by atoms with Crippen LogP contribution in [0, 0.1) is 13.8 Å². The van der Waals surface area contributed by atoms with Crippen molar-refractivity contribution in [1.29, 1.82) is 0 Å². The Morgan fingerprint density at radius 1 is 1.22 bits per heavy atom. The predicted octanol–water partition coefficient (Wildman–Crippen LogP) is 4.11. The smallest absolute Gasteiger partial charge is 0.254 e. The summed E-state index contributed by atoms with van der Waals surface area (Å²) in [6.07, 6.45) is 3.51. The quantitative estimate of drug-likeness (QED) is 0.618. The minimum Gasteiger partial charge on any atom is -0.383 e. The lowest BCUT2D eigenvalue weighted by molar-refractivity contribution is 0.0680. The van der Waals surface area contributed by atoms with Crippen LogP contribution in [-0.2, 0) is 11.3 Å². The fraction of sp³-hybridized carbons (Fsp3) is 0.286. The summed E-state index contributed by atoms with van der Waals surface area (Å²) in [6.45, 7) is 5.56. The van der Waals surface area contributed by atoms with Crippen molar-refractivity contribution in [2.24, 2.45) is 0 Å². The SMILES string of the molecule is COCCN(Cc1cccnc1)C(=O)c1cccc(-c2nc(C)c(C)s2)c1. The van der Waals surface area contributed by atoms with Crippen molar-refractivity contribution in [1.82, 2.24) is 14.9 Å². The third kappa shape index (κ3) is 4.78. The van der Waals surface area contributed by atoms with Crippen molar-refractivity contribution in [3.05, 3.63) is 70.5 Å². The predicted molar refractivity (Wildman–Crippen MR) is 108 cm³/mol. The van der Waals surface area contributed by atoms with E-state index in [0.29, 0.717) is 25.3 Å². The number of hydrogen-bond acceptors (Lipinski definition) is 5. The van der Waals surface area contributed by atoms with Gasteiger partial charge in [-0.25, -0.2) is 4.98 Å². The van der Waals surface area contributed by atoms with E-state index in [-0.39, 0.29) is 5.91 Å². The molecule has 3 rings (SSSR count). The molecule has 0 aliphatic heterocycles. The van der Waals surface area contributed by atoms with E-state index in [1.54, 1.807) is 35.7 Å². The van der Waals surface area contributed by atoms with Crippen molar-refractivity contribution in [3.63, 3.8) is 0 Å². The van der Waals surface area contributed by atoms with Crippen LogP contribution < -0.4 is 0 Å². The van der Waals surface area contributed by atoms with Crippen LogP contribution in [0.15, 0.2) is 48.8 Å². The molecular weight excluding hydrogens is 358 g/mol. The number of carbonyl (C=O) groups excluding carboxylic acids is 1. The number of rotatable bonds is 7.